The maximum absolute atomic E-state index is 12.5. The van der Waals surface area contributed by atoms with Crippen LogP contribution in [0.5, 0.6) is 5.75 Å². The summed E-state index contributed by atoms with van der Waals surface area (Å²) >= 11 is 0. The zero-order valence-electron chi connectivity index (χ0n) is 17.8. The van der Waals surface area contributed by atoms with Crippen LogP contribution in [-0.4, -0.2) is 36.9 Å². The molecule has 31 heavy (non-hydrogen) atoms. The number of hydrogen-bond acceptors (Lipinski definition) is 6. The Hall–Kier alpha value is -3.61. The maximum Gasteiger partial charge on any atom is 0.375 e. The van der Waals surface area contributed by atoms with E-state index in [-0.39, 0.29) is 11.5 Å². The smallest absolute Gasteiger partial charge is 0.375 e. The van der Waals surface area contributed by atoms with Gasteiger partial charge in [-0.25, -0.2) is 4.79 Å². The predicted molar refractivity (Wildman–Crippen MR) is 115 cm³/mol. The van der Waals surface area contributed by atoms with E-state index in [2.05, 4.69) is 5.32 Å². The van der Waals surface area contributed by atoms with Gasteiger partial charge in [0.2, 0.25) is 5.76 Å². The van der Waals surface area contributed by atoms with Crippen molar-refractivity contribution in [1.29, 1.82) is 0 Å². The number of carbonyl (C=O) groups is 3. The number of nitrogens with one attached hydrogen (secondary N) is 1. The summed E-state index contributed by atoms with van der Waals surface area (Å²) < 4.78 is 16.2. The molecule has 1 N–H and O–H groups in total. The summed E-state index contributed by atoms with van der Waals surface area (Å²) in [6.07, 6.45) is 0.362. The summed E-state index contributed by atoms with van der Waals surface area (Å²) in [5.41, 5.74) is 2.05. The van der Waals surface area contributed by atoms with Crippen molar-refractivity contribution in [2.75, 3.05) is 13.2 Å². The van der Waals surface area contributed by atoms with Gasteiger partial charge >= 0.3 is 5.97 Å². The van der Waals surface area contributed by atoms with Crippen LogP contribution in [0.4, 0.5) is 0 Å². The van der Waals surface area contributed by atoms with E-state index >= 15 is 0 Å². The molecule has 0 unspecified atom stereocenters. The number of hydrogen-bond donors (Lipinski definition) is 1. The lowest BCUT2D eigenvalue weighted by Crippen LogP contribution is -2.43. The molecule has 0 bridgehead atoms. The minimum absolute atomic E-state index is 0.0313. The van der Waals surface area contributed by atoms with Gasteiger partial charge in [0.25, 0.3) is 5.91 Å². The van der Waals surface area contributed by atoms with Gasteiger partial charge in [0.1, 0.15) is 11.3 Å². The van der Waals surface area contributed by atoms with Crippen molar-refractivity contribution in [1.82, 2.24) is 5.32 Å². The molecule has 0 saturated carbocycles. The molecule has 162 valence electrons. The number of Topliss-reactive ketones (excluding diaryl/α,β-unsaturated/α-hetero) is 1. The second kappa shape index (κ2) is 9.93. The molecule has 0 spiro atoms. The molecule has 2 aromatic carbocycles. The predicted octanol–water partition coefficient (Wildman–Crippen LogP) is 3.61. The summed E-state index contributed by atoms with van der Waals surface area (Å²) in [6.45, 7) is 5.05. The summed E-state index contributed by atoms with van der Waals surface area (Å²) in [4.78, 5) is 36.7. The largest absolute Gasteiger partial charge is 0.494 e. The minimum Gasteiger partial charge on any atom is -0.494 e. The average Bonchev–Trinajstić information content (AvgIpc) is 3.08. The molecule has 1 atom stereocenters. The number of ketones is 1. The van der Waals surface area contributed by atoms with Crippen LogP contribution in [-0.2, 0) is 20.7 Å². The van der Waals surface area contributed by atoms with Crippen molar-refractivity contribution in [3.63, 3.8) is 0 Å². The number of carbonyl (C=O) groups excluding carboxylic acids is 3. The fraction of sp³-hybridized carbons (Fsp3) is 0.292. The van der Waals surface area contributed by atoms with E-state index in [1.165, 1.54) is 6.92 Å². The van der Waals surface area contributed by atoms with Crippen LogP contribution in [0.1, 0.15) is 35.5 Å². The van der Waals surface area contributed by atoms with E-state index in [1.54, 1.807) is 25.1 Å². The third kappa shape index (κ3) is 5.51. The third-order valence-corrected chi connectivity index (χ3v) is 4.85. The number of benzene rings is 2. The van der Waals surface area contributed by atoms with Crippen molar-refractivity contribution < 1.29 is 28.3 Å². The Kier molecular flexibility index (Phi) is 7.07. The molecule has 1 heterocycles. The first-order valence-corrected chi connectivity index (χ1v) is 10.1. The molecule has 1 amide bonds. The minimum atomic E-state index is -0.746. The molecule has 0 radical (unpaired) electrons. The summed E-state index contributed by atoms with van der Waals surface area (Å²) in [6, 6.07) is 13.9. The standard InChI is InChI=1S/C24H25NO6/c1-4-29-18-10-11-21-19(13-18)15(2)23(31-21)24(28)30-14-22(27)25-20(16(3)26)12-17-8-6-5-7-9-17/h5-11,13,20H,4,12,14H2,1-3H3,(H,25,27)/t20-/m0/s1. The molecule has 0 fully saturated rings. The lowest BCUT2D eigenvalue weighted by Gasteiger charge is -2.16. The average molecular weight is 423 g/mol. The summed E-state index contributed by atoms with van der Waals surface area (Å²) in [5, 5.41) is 3.36. The Bertz CT molecular complexity index is 1090. The molecule has 0 aliphatic carbocycles. The van der Waals surface area contributed by atoms with Gasteiger partial charge in [-0.2, -0.15) is 0 Å². The van der Waals surface area contributed by atoms with Crippen LogP contribution in [0.15, 0.2) is 52.9 Å². The van der Waals surface area contributed by atoms with Gasteiger partial charge < -0.3 is 19.2 Å². The zero-order valence-corrected chi connectivity index (χ0v) is 17.8. The van der Waals surface area contributed by atoms with E-state index < -0.39 is 24.5 Å². The molecule has 0 aliphatic rings. The second-order valence-corrected chi connectivity index (χ2v) is 7.14. The van der Waals surface area contributed by atoms with Crippen LogP contribution in [0.2, 0.25) is 0 Å². The Morgan fingerprint density at radius 3 is 2.52 bits per heavy atom. The lowest BCUT2D eigenvalue weighted by atomic mass is 10.0. The Morgan fingerprint density at radius 1 is 1.10 bits per heavy atom. The highest BCUT2D eigenvalue weighted by atomic mass is 16.5. The van der Waals surface area contributed by atoms with Gasteiger partial charge in [-0.15, -0.1) is 0 Å². The molecule has 1 aromatic heterocycles. The Morgan fingerprint density at radius 2 is 1.84 bits per heavy atom. The van der Waals surface area contributed by atoms with Gasteiger partial charge in [0.05, 0.1) is 12.6 Å². The Labute approximate surface area is 180 Å². The van der Waals surface area contributed by atoms with Gasteiger partial charge in [0.15, 0.2) is 12.4 Å². The van der Waals surface area contributed by atoms with E-state index in [0.29, 0.717) is 29.9 Å². The highest BCUT2D eigenvalue weighted by Crippen LogP contribution is 2.29. The zero-order chi connectivity index (χ0) is 22.4. The van der Waals surface area contributed by atoms with Crippen molar-refractivity contribution in [3.05, 3.63) is 65.4 Å². The van der Waals surface area contributed by atoms with E-state index in [4.69, 9.17) is 13.9 Å². The maximum atomic E-state index is 12.5. The van der Waals surface area contributed by atoms with Crippen LogP contribution < -0.4 is 10.1 Å². The number of ether oxygens (including phenoxy) is 2. The van der Waals surface area contributed by atoms with Crippen LogP contribution in [0, 0.1) is 6.92 Å². The van der Waals surface area contributed by atoms with Crippen molar-refractivity contribution >= 4 is 28.6 Å². The highest BCUT2D eigenvalue weighted by molar-refractivity contribution is 5.97. The van der Waals surface area contributed by atoms with Crippen LogP contribution >= 0.6 is 0 Å². The van der Waals surface area contributed by atoms with E-state index in [9.17, 15) is 14.4 Å². The highest BCUT2D eigenvalue weighted by Gasteiger charge is 2.22. The quantitative estimate of drug-likeness (QED) is 0.528. The molecular weight excluding hydrogens is 398 g/mol. The number of aryl methyl sites for hydroxylation is 1. The van der Waals surface area contributed by atoms with Crippen LogP contribution in [0.3, 0.4) is 0 Å². The topological polar surface area (TPSA) is 94.8 Å². The number of amides is 1. The first-order valence-electron chi connectivity index (χ1n) is 10.1. The van der Waals surface area contributed by atoms with Gasteiger partial charge in [0, 0.05) is 10.9 Å². The molecule has 0 aliphatic heterocycles. The van der Waals surface area contributed by atoms with Gasteiger partial charge in [-0.05, 0) is 51.0 Å². The van der Waals surface area contributed by atoms with Crippen molar-refractivity contribution in [2.24, 2.45) is 0 Å². The van der Waals surface area contributed by atoms with E-state index in [0.717, 1.165) is 10.9 Å². The molecular formula is C24H25NO6. The molecule has 7 heteroatoms. The summed E-state index contributed by atoms with van der Waals surface area (Å²) in [7, 11) is 0. The molecule has 3 rings (SSSR count). The SMILES string of the molecule is CCOc1ccc2oc(C(=O)OCC(=O)N[C@@H](Cc3ccccc3)C(C)=O)c(C)c2c1. The number of fused-ring (bicyclic) bond motifs is 1. The first-order chi connectivity index (χ1) is 14.9. The van der Waals surface area contributed by atoms with Gasteiger partial charge in [-0.1, -0.05) is 30.3 Å². The Balaban J connectivity index is 1.62. The second-order valence-electron chi connectivity index (χ2n) is 7.14. The monoisotopic (exact) mass is 423 g/mol. The summed E-state index contributed by atoms with van der Waals surface area (Å²) in [5.74, 6) is -0.779. The fourth-order valence-corrected chi connectivity index (χ4v) is 3.23. The van der Waals surface area contributed by atoms with Crippen molar-refractivity contribution in [2.45, 2.75) is 33.2 Å². The van der Waals surface area contributed by atoms with Gasteiger partial charge in [-0.3, -0.25) is 9.59 Å². The lowest BCUT2D eigenvalue weighted by molar-refractivity contribution is -0.128. The third-order valence-electron chi connectivity index (χ3n) is 4.85. The molecule has 0 saturated heterocycles. The number of rotatable bonds is 9. The van der Waals surface area contributed by atoms with Crippen molar-refractivity contribution in [3.8, 4) is 5.75 Å². The number of esters is 1. The molecule has 7 nitrogen and oxygen atoms in total. The number of furan rings is 1. The molecule has 3 aromatic rings. The first kappa shape index (κ1) is 22.1. The fourth-order valence-electron chi connectivity index (χ4n) is 3.23. The van der Waals surface area contributed by atoms with E-state index in [1.807, 2.05) is 37.3 Å². The van der Waals surface area contributed by atoms with Crippen LogP contribution in [0.25, 0.3) is 11.0 Å². The normalized spacial score (nSPS) is 11.7.